The molecule has 0 saturated carbocycles. The van der Waals surface area contributed by atoms with E-state index in [4.69, 9.17) is 18.9 Å². The molecule has 0 N–H and O–H groups in total. The van der Waals surface area contributed by atoms with E-state index in [1.807, 2.05) is 32.0 Å². The van der Waals surface area contributed by atoms with Crippen LogP contribution in [0.1, 0.15) is 25.2 Å². The Hall–Kier alpha value is -0.904. The summed E-state index contributed by atoms with van der Waals surface area (Å²) < 4.78 is 21.8. The number of aromatic nitrogens is 1. The van der Waals surface area contributed by atoms with Crippen LogP contribution in [0.2, 0.25) is 0 Å². The summed E-state index contributed by atoms with van der Waals surface area (Å²) >= 11 is 0. The molecule has 0 saturated heterocycles. The Labute approximate surface area is 182 Å². The van der Waals surface area contributed by atoms with Crippen LogP contribution in [0.15, 0.2) is 28.2 Å². The van der Waals surface area contributed by atoms with E-state index in [0.717, 1.165) is 0 Å². The Morgan fingerprint density at radius 2 is 1.30 bits per heavy atom. The first kappa shape index (κ1) is 26.1. The first-order chi connectivity index (χ1) is 11.5. The maximum Gasteiger partial charge on any atom is 2.00 e. The summed E-state index contributed by atoms with van der Waals surface area (Å²) in [5, 5.41) is 0. The Bertz CT molecular complexity index is 639. The van der Waals surface area contributed by atoms with Gasteiger partial charge < -0.3 is 43.8 Å². The minimum atomic E-state index is -0.375. The summed E-state index contributed by atoms with van der Waals surface area (Å²) in [6.45, 7) is 5.95. The normalized spacial score (nSPS) is 25.8. The van der Waals surface area contributed by atoms with Crippen molar-refractivity contribution in [2.75, 3.05) is 40.6 Å². The van der Waals surface area contributed by atoms with Gasteiger partial charge in [-0.15, -0.1) is 0 Å². The summed E-state index contributed by atoms with van der Waals surface area (Å²) in [6, 6.07) is 5.63. The molecular weight excluding hydrogens is 440 g/mol. The molecule has 153 valence electrons. The minimum Gasteiger partial charge on any atom is -1.00 e. The van der Waals surface area contributed by atoms with Gasteiger partial charge in [-0.25, -0.2) is 15.0 Å². The molecule has 3 rings (SSSR count). The molecule has 1 aromatic heterocycles. The van der Waals surface area contributed by atoms with Gasteiger partial charge in [0.15, 0.2) is 0 Å². The molecule has 2 atom stereocenters. The third-order valence-corrected chi connectivity index (χ3v) is 3.88. The molecule has 2 aliphatic heterocycles. The summed E-state index contributed by atoms with van der Waals surface area (Å²) in [6.07, 6.45) is 0. The largest absolute Gasteiger partial charge is 2.00 e. The summed E-state index contributed by atoms with van der Waals surface area (Å²) in [7, 11) is 3.31. The van der Waals surface area contributed by atoms with Gasteiger partial charge in [0.1, 0.15) is 35.7 Å². The standard InChI is InChI=1S/C17H23N3O4.2ClH.Co/c1-16(8-21-3)10-23-14(19-16)12-6-5-7-13(18-12)15-20-17(2,9-22-4)11-24-15;;;/h5-7H,8-11H2,1-4H3;2*1H;/q;;;+2/p-2. The first-order valence-corrected chi connectivity index (χ1v) is 7.88. The van der Waals surface area contributed by atoms with Gasteiger partial charge in [-0.2, -0.15) is 0 Å². The summed E-state index contributed by atoms with van der Waals surface area (Å²) in [5.74, 6) is 1.05. The molecule has 2 unspecified atom stereocenters. The third kappa shape index (κ3) is 6.04. The summed E-state index contributed by atoms with van der Waals surface area (Å²) in [4.78, 5) is 13.8. The molecule has 1 radical (unpaired) electrons. The molecule has 3 heterocycles. The number of halogens is 2. The van der Waals surface area contributed by atoms with Gasteiger partial charge in [0.2, 0.25) is 11.8 Å². The average Bonchev–Trinajstić information content (AvgIpc) is 3.12. The van der Waals surface area contributed by atoms with Crippen molar-refractivity contribution in [3.8, 4) is 0 Å². The van der Waals surface area contributed by atoms with Crippen molar-refractivity contribution in [1.29, 1.82) is 0 Å². The molecule has 0 amide bonds. The van der Waals surface area contributed by atoms with E-state index in [9.17, 15) is 0 Å². The molecule has 2 aliphatic rings. The van der Waals surface area contributed by atoms with Crippen LogP contribution in [0, 0.1) is 0 Å². The van der Waals surface area contributed by atoms with Gasteiger partial charge >= 0.3 is 16.8 Å². The zero-order chi connectivity index (χ0) is 17.2. The van der Waals surface area contributed by atoms with Crippen LogP contribution in [0.4, 0.5) is 0 Å². The van der Waals surface area contributed by atoms with Gasteiger partial charge in [-0.3, -0.25) is 0 Å². The second-order valence-electron chi connectivity index (χ2n) is 6.68. The maximum atomic E-state index is 5.71. The Morgan fingerprint density at radius 1 is 0.889 bits per heavy atom. The number of rotatable bonds is 6. The van der Waals surface area contributed by atoms with Gasteiger partial charge in [0.05, 0.1) is 13.2 Å². The van der Waals surface area contributed by atoms with Gasteiger partial charge in [-0.1, -0.05) is 6.07 Å². The van der Waals surface area contributed by atoms with Gasteiger partial charge in [0.25, 0.3) is 0 Å². The molecule has 0 spiro atoms. The Kier molecular flexibility index (Phi) is 10.2. The van der Waals surface area contributed by atoms with Crippen LogP contribution in [0.5, 0.6) is 0 Å². The van der Waals surface area contributed by atoms with Crippen LogP contribution in [0.3, 0.4) is 0 Å². The van der Waals surface area contributed by atoms with Crippen molar-refractivity contribution in [3.63, 3.8) is 0 Å². The average molecular weight is 463 g/mol. The Morgan fingerprint density at radius 3 is 1.67 bits per heavy atom. The van der Waals surface area contributed by atoms with Crippen molar-refractivity contribution in [3.05, 3.63) is 29.6 Å². The monoisotopic (exact) mass is 462 g/mol. The zero-order valence-electron chi connectivity index (χ0n) is 15.6. The topological polar surface area (TPSA) is 74.5 Å². The minimum absolute atomic E-state index is 0. The second kappa shape index (κ2) is 10.6. The van der Waals surface area contributed by atoms with Crippen molar-refractivity contribution in [2.45, 2.75) is 24.9 Å². The molecular formula is C17H23Cl2CoN3O4. The number of hydrogen-bond donors (Lipinski definition) is 0. The van der Waals surface area contributed by atoms with Crippen LogP contribution in [-0.2, 0) is 35.7 Å². The van der Waals surface area contributed by atoms with Crippen molar-refractivity contribution < 1.29 is 60.5 Å². The van der Waals surface area contributed by atoms with Crippen LogP contribution < -0.4 is 24.8 Å². The molecule has 27 heavy (non-hydrogen) atoms. The van der Waals surface area contributed by atoms with E-state index in [1.54, 1.807) is 14.2 Å². The van der Waals surface area contributed by atoms with Crippen LogP contribution in [-0.4, -0.2) is 68.5 Å². The van der Waals surface area contributed by atoms with E-state index in [0.29, 0.717) is 49.6 Å². The van der Waals surface area contributed by atoms with Gasteiger partial charge in [0, 0.05) is 14.2 Å². The van der Waals surface area contributed by atoms with E-state index in [2.05, 4.69) is 15.0 Å². The smallest absolute Gasteiger partial charge is 1.00 e. The molecule has 0 fully saturated rings. The SMILES string of the molecule is COCC1(C)COC(c2cccc(C3=NC(C)(COC)CO3)n2)=N1.[Cl-].[Cl-].[Co+2]. The molecule has 0 aliphatic carbocycles. The molecule has 0 aromatic carbocycles. The van der Waals surface area contributed by atoms with E-state index in [-0.39, 0.29) is 52.7 Å². The fourth-order valence-corrected chi connectivity index (χ4v) is 2.77. The fourth-order valence-electron chi connectivity index (χ4n) is 2.77. The molecule has 10 heteroatoms. The van der Waals surface area contributed by atoms with Crippen LogP contribution >= 0.6 is 0 Å². The Balaban J connectivity index is 0.00000225. The predicted molar refractivity (Wildman–Crippen MR) is 89.8 cm³/mol. The van der Waals surface area contributed by atoms with E-state index in [1.165, 1.54) is 0 Å². The van der Waals surface area contributed by atoms with Crippen molar-refractivity contribution in [1.82, 2.24) is 4.98 Å². The fraction of sp³-hybridized carbons (Fsp3) is 0.588. The summed E-state index contributed by atoms with van der Waals surface area (Å²) in [5.41, 5.74) is 0.582. The second-order valence-corrected chi connectivity index (χ2v) is 6.68. The van der Waals surface area contributed by atoms with E-state index >= 15 is 0 Å². The number of aliphatic imine (C=N–C) groups is 2. The number of hydrogen-bond acceptors (Lipinski definition) is 7. The van der Waals surface area contributed by atoms with Crippen LogP contribution in [0.25, 0.3) is 0 Å². The number of pyridine rings is 1. The first-order valence-electron chi connectivity index (χ1n) is 7.88. The quantitative estimate of drug-likeness (QED) is 0.425. The zero-order valence-corrected chi connectivity index (χ0v) is 18.2. The van der Waals surface area contributed by atoms with Crippen molar-refractivity contribution >= 4 is 11.8 Å². The number of nitrogens with zero attached hydrogens (tertiary/aromatic N) is 3. The van der Waals surface area contributed by atoms with Gasteiger partial charge in [-0.05, 0) is 26.0 Å². The molecule has 1 aromatic rings. The molecule has 0 bridgehead atoms. The predicted octanol–water partition coefficient (Wildman–Crippen LogP) is -4.55. The van der Waals surface area contributed by atoms with E-state index < -0.39 is 0 Å². The third-order valence-electron chi connectivity index (χ3n) is 3.88. The maximum absolute atomic E-state index is 5.71. The van der Waals surface area contributed by atoms with Crippen molar-refractivity contribution in [2.24, 2.45) is 9.98 Å². The molecule has 7 nitrogen and oxygen atoms in total. The number of ether oxygens (including phenoxy) is 4. The number of methoxy groups -OCH3 is 2.